The van der Waals surface area contributed by atoms with Crippen LogP contribution in [0, 0.1) is 0 Å². The maximum Gasteiger partial charge on any atom is 0.0786 e. The fraction of sp³-hybridized carbons (Fsp3) is 0. The molecular formula is C102H66N6. The van der Waals surface area contributed by atoms with Crippen LogP contribution in [0.2, 0.25) is 0 Å². The molecule has 0 unspecified atom stereocenters. The number of rotatable bonds is 0. The van der Waals surface area contributed by atoms with Crippen molar-refractivity contribution in [3.8, 4) is 0 Å². The maximum absolute atomic E-state index is 4.56. The van der Waals surface area contributed by atoms with Gasteiger partial charge in [0, 0.05) is 102 Å². The van der Waals surface area contributed by atoms with Crippen molar-refractivity contribution in [1.82, 2.24) is 29.9 Å². The van der Waals surface area contributed by atoms with Crippen molar-refractivity contribution in [2.75, 3.05) is 0 Å². The van der Waals surface area contributed by atoms with Crippen LogP contribution >= 0.6 is 0 Å². The van der Waals surface area contributed by atoms with Crippen molar-refractivity contribution in [1.29, 1.82) is 0 Å². The second-order valence-corrected chi connectivity index (χ2v) is 26.9. The van der Waals surface area contributed by atoms with Gasteiger partial charge in [0.1, 0.15) is 0 Å². The number of nitrogens with zero attached hydrogens (tertiary/aromatic N) is 6. The molecule has 0 amide bonds. The van der Waals surface area contributed by atoms with Gasteiger partial charge in [-0.25, -0.2) is 0 Å². The van der Waals surface area contributed by atoms with Crippen LogP contribution in [0.15, 0.2) is 401 Å². The molecule has 0 spiro atoms. The lowest BCUT2D eigenvalue weighted by molar-refractivity contribution is 1.43. The van der Waals surface area contributed by atoms with Crippen molar-refractivity contribution < 1.29 is 0 Å². The molecule has 6 heteroatoms. The molecule has 0 N–H and O–H groups in total. The largest absolute Gasteiger partial charge is 0.256 e. The van der Waals surface area contributed by atoms with Crippen LogP contribution in [-0.4, -0.2) is 29.9 Å². The Kier molecular flexibility index (Phi) is 16.9. The van der Waals surface area contributed by atoms with Crippen LogP contribution in [-0.2, 0) is 0 Å². The summed E-state index contributed by atoms with van der Waals surface area (Å²) in [6.07, 6.45) is 11.2. The van der Waals surface area contributed by atoms with Crippen LogP contribution < -0.4 is 0 Å². The Labute approximate surface area is 621 Å². The van der Waals surface area contributed by atoms with Gasteiger partial charge in [0.05, 0.1) is 33.1 Å². The van der Waals surface area contributed by atoms with Crippen LogP contribution in [0.5, 0.6) is 0 Å². The first-order valence-electron chi connectivity index (χ1n) is 36.6. The predicted octanol–water partition coefficient (Wildman–Crippen LogP) is 27.2. The average molecular weight is 1380 g/mol. The van der Waals surface area contributed by atoms with Crippen LogP contribution in [0.25, 0.3) is 195 Å². The Morgan fingerprint density at radius 3 is 0.259 bits per heavy atom. The van der Waals surface area contributed by atoms with E-state index in [9.17, 15) is 0 Å². The highest BCUT2D eigenvalue weighted by Gasteiger charge is 2.14. The predicted molar refractivity (Wildman–Crippen MR) is 461 cm³/mol. The first kappa shape index (κ1) is 64.4. The Hall–Kier alpha value is -14.5. The van der Waals surface area contributed by atoms with Crippen molar-refractivity contribution >= 4 is 195 Å². The normalized spacial score (nSPS) is 11.3. The molecule has 24 aromatic rings. The van der Waals surface area contributed by atoms with Crippen LogP contribution in [0.4, 0.5) is 0 Å². The third kappa shape index (κ3) is 11.5. The zero-order valence-corrected chi connectivity index (χ0v) is 58.8. The van der Waals surface area contributed by atoms with Crippen molar-refractivity contribution in [3.05, 3.63) is 401 Å². The van der Waals surface area contributed by atoms with Crippen molar-refractivity contribution in [2.45, 2.75) is 0 Å². The number of aromatic nitrogens is 6. The lowest BCUT2D eigenvalue weighted by Crippen LogP contribution is -1.84. The Morgan fingerprint density at radius 1 is 0.0833 bits per heavy atom. The van der Waals surface area contributed by atoms with Gasteiger partial charge in [-0.15, -0.1) is 0 Å². The minimum absolute atomic E-state index is 1.09. The van der Waals surface area contributed by atoms with Gasteiger partial charge in [-0.2, -0.15) is 0 Å². The van der Waals surface area contributed by atoms with Gasteiger partial charge in [0.25, 0.3) is 0 Å². The number of hydrogen-bond donors (Lipinski definition) is 0. The Balaban J connectivity index is 0.0000000882. The Bertz CT molecular complexity index is 5110. The first-order chi connectivity index (χ1) is 53.7. The molecule has 0 aliphatic heterocycles. The summed E-state index contributed by atoms with van der Waals surface area (Å²) in [7, 11) is 0. The third-order valence-corrected chi connectivity index (χ3v) is 21.0. The van der Waals surface area contributed by atoms with Gasteiger partial charge in [-0.1, -0.05) is 328 Å². The molecule has 0 bridgehead atoms. The molecule has 0 saturated carbocycles. The minimum Gasteiger partial charge on any atom is -0.256 e. The number of pyridine rings is 6. The van der Waals surface area contributed by atoms with E-state index in [0.717, 1.165) is 33.1 Å². The summed E-state index contributed by atoms with van der Waals surface area (Å²) in [5.74, 6) is 0. The fourth-order valence-corrected chi connectivity index (χ4v) is 16.3. The van der Waals surface area contributed by atoms with E-state index in [1.54, 1.807) is 0 Å². The van der Waals surface area contributed by atoms with Gasteiger partial charge < -0.3 is 0 Å². The second-order valence-electron chi connectivity index (χ2n) is 26.9. The van der Waals surface area contributed by atoms with Gasteiger partial charge >= 0.3 is 0 Å². The molecule has 6 nitrogen and oxygen atoms in total. The second kappa shape index (κ2) is 28.3. The highest BCUT2D eigenvalue weighted by atomic mass is 14.7. The van der Waals surface area contributed by atoms with E-state index in [4.69, 9.17) is 0 Å². The quantitative estimate of drug-likeness (QED) is 0.141. The van der Waals surface area contributed by atoms with Gasteiger partial charge in [0.2, 0.25) is 0 Å². The zero-order valence-electron chi connectivity index (χ0n) is 58.8. The molecule has 0 saturated heterocycles. The lowest BCUT2D eigenvalue weighted by Gasteiger charge is -2.08. The van der Waals surface area contributed by atoms with E-state index in [1.807, 2.05) is 73.6 Å². The first-order valence-corrected chi connectivity index (χ1v) is 36.6. The molecule has 504 valence electrons. The summed E-state index contributed by atoms with van der Waals surface area (Å²) >= 11 is 0. The molecule has 18 aromatic carbocycles. The van der Waals surface area contributed by atoms with Crippen molar-refractivity contribution in [3.63, 3.8) is 0 Å². The smallest absolute Gasteiger partial charge is 0.0786 e. The monoisotopic (exact) mass is 1370 g/mol. The average Bonchev–Trinajstić information content (AvgIpc) is 0.791. The van der Waals surface area contributed by atoms with E-state index in [0.29, 0.717) is 0 Å². The summed E-state index contributed by atoms with van der Waals surface area (Å²) in [6.45, 7) is 0. The highest BCUT2D eigenvalue weighted by Crippen LogP contribution is 2.40. The number of hydrogen-bond acceptors (Lipinski definition) is 6. The molecule has 0 aliphatic rings. The topological polar surface area (TPSA) is 77.3 Å². The minimum atomic E-state index is 1.09. The molecule has 6 heterocycles. The van der Waals surface area contributed by atoms with E-state index in [1.165, 1.54) is 162 Å². The summed E-state index contributed by atoms with van der Waals surface area (Å²) in [5, 5.41) is 37.9. The lowest BCUT2D eigenvalue weighted by atomic mass is 9.97. The van der Waals surface area contributed by atoms with E-state index in [2.05, 4.69) is 357 Å². The third-order valence-electron chi connectivity index (χ3n) is 21.0. The number of fused-ring (bicyclic) bond motifs is 36. The zero-order chi connectivity index (χ0) is 71.7. The van der Waals surface area contributed by atoms with E-state index in [-0.39, 0.29) is 0 Å². The van der Waals surface area contributed by atoms with Crippen molar-refractivity contribution in [2.24, 2.45) is 0 Å². The molecule has 0 atom stereocenters. The molecule has 6 aromatic heterocycles. The Morgan fingerprint density at radius 2 is 0.157 bits per heavy atom. The molecule has 0 radical (unpaired) electrons. The van der Waals surface area contributed by atoms with E-state index < -0.39 is 0 Å². The standard InChI is InChI=1S/6C17H11N/c6*1-2-7-14-12(6-1)13-8-3-4-9-15(13)17-16(14)10-5-11-18-17/h6*1-11H. The van der Waals surface area contributed by atoms with Gasteiger partial charge in [-0.05, 0) is 133 Å². The summed E-state index contributed by atoms with van der Waals surface area (Å²) < 4.78 is 0. The van der Waals surface area contributed by atoms with Gasteiger partial charge in [0.15, 0.2) is 0 Å². The van der Waals surface area contributed by atoms with E-state index >= 15 is 0 Å². The molecule has 0 fully saturated rings. The molecule has 24 rings (SSSR count). The highest BCUT2D eigenvalue weighted by molar-refractivity contribution is 6.29. The summed E-state index contributed by atoms with van der Waals surface area (Å²) in [6, 6.07) is 127. The maximum atomic E-state index is 4.56. The number of benzene rings is 18. The molecule has 0 aliphatic carbocycles. The summed E-state index contributed by atoms with van der Waals surface area (Å²) in [5.41, 5.74) is 6.54. The van der Waals surface area contributed by atoms with Crippen LogP contribution in [0.3, 0.4) is 0 Å². The van der Waals surface area contributed by atoms with Crippen LogP contribution in [0.1, 0.15) is 0 Å². The SMILES string of the molecule is c1ccc2c(c1)c1ccccc1c1ncccc21.c1ccc2c(c1)c1ccccc1c1ncccc21.c1ccc2c(c1)c1ccccc1c1ncccc21.c1ccc2c(c1)c1ccccc1c1ncccc21.c1ccc2c(c1)c1ccccc1c1ncccc21.c1ccc2c(c1)c1ccccc1c1ncccc21. The molecule has 108 heavy (non-hydrogen) atoms. The fourth-order valence-electron chi connectivity index (χ4n) is 16.3. The summed E-state index contributed by atoms with van der Waals surface area (Å²) in [4.78, 5) is 27.4. The molecular weight excluding hydrogens is 1310 g/mol. The van der Waals surface area contributed by atoms with Gasteiger partial charge in [-0.3, -0.25) is 29.9 Å².